The number of fused-ring (bicyclic) bond motifs is 1. The zero-order valence-electron chi connectivity index (χ0n) is 11.5. The van der Waals surface area contributed by atoms with Crippen molar-refractivity contribution in [2.75, 3.05) is 13.6 Å². The van der Waals surface area contributed by atoms with Crippen LogP contribution in [-0.4, -0.2) is 23.5 Å². The molecule has 1 aromatic carbocycles. The summed E-state index contributed by atoms with van der Waals surface area (Å²) >= 11 is 0. The number of para-hydroxylation sites is 1. The summed E-state index contributed by atoms with van der Waals surface area (Å²) in [5, 5.41) is 10.5. The molecule has 3 heteroatoms. The molecule has 2 heterocycles. The molecule has 3 rings (SSSR count). The Morgan fingerprint density at radius 3 is 2.89 bits per heavy atom. The van der Waals surface area contributed by atoms with Gasteiger partial charge in [0.15, 0.2) is 0 Å². The number of hydrogen-bond acceptors (Lipinski definition) is 2. The predicted octanol–water partition coefficient (Wildman–Crippen LogP) is 3.56. The molecule has 3 nitrogen and oxygen atoms in total. The van der Waals surface area contributed by atoms with Crippen LogP contribution in [0.25, 0.3) is 10.9 Å². The Hall–Kier alpha value is -1.79. The van der Waals surface area contributed by atoms with Crippen molar-refractivity contribution in [2.24, 2.45) is 0 Å². The van der Waals surface area contributed by atoms with E-state index in [-0.39, 0.29) is 5.92 Å². The minimum Gasteiger partial charge on any atom is -0.357 e. The van der Waals surface area contributed by atoms with Crippen molar-refractivity contribution >= 4 is 10.9 Å². The highest BCUT2D eigenvalue weighted by atomic mass is 15.2. The Morgan fingerprint density at radius 1 is 1.42 bits per heavy atom. The van der Waals surface area contributed by atoms with E-state index in [2.05, 4.69) is 35.1 Å². The molecule has 1 saturated heterocycles. The number of aromatic amines is 1. The monoisotopic (exact) mass is 253 g/mol. The maximum absolute atomic E-state index is 9.32. The fraction of sp³-hybridized carbons (Fsp3) is 0.438. The predicted molar refractivity (Wildman–Crippen MR) is 76.9 cm³/mol. The van der Waals surface area contributed by atoms with Crippen molar-refractivity contribution in [3.8, 4) is 6.07 Å². The minimum absolute atomic E-state index is 0.0693. The van der Waals surface area contributed by atoms with E-state index in [0.29, 0.717) is 6.04 Å². The van der Waals surface area contributed by atoms with Gasteiger partial charge in [0.05, 0.1) is 12.0 Å². The van der Waals surface area contributed by atoms with Crippen molar-refractivity contribution in [3.05, 3.63) is 35.5 Å². The van der Waals surface area contributed by atoms with Gasteiger partial charge in [-0.3, -0.25) is 4.90 Å². The third-order valence-corrected chi connectivity index (χ3v) is 4.26. The molecule has 0 aliphatic carbocycles. The van der Waals surface area contributed by atoms with Gasteiger partial charge in [0.1, 0.15) is 0 Å². The zero-order chi connectivity index (χ0) is 13.4. The van der Waals surface area contributed by atoms with E-state index >= 15 is 0 Å². The first-order valence-electron chi connectivity index (χ1n) is 6.92. The van der Waals surface area contributed by atoms with Crippen molar-refractivity contribution in [2.45, 2.75) is 31.7 Å². The Labute approximate surface area is 113 Å². The molecular weight excluding hydrogens is 234 g/mol. The average Bonchev–Trinajstić information content (AvgIpc) is 3.00. The lowest BCUT2D eigenvalue weighted by Gasteiger charge is -2.20. The van der Waals surface area contributed by atoms with Crippen LogP contribution in [0.1, 0.15) is 43.0 Å². The number of H-pyrrole nitrogens is 1. The van der Waals surface area contributed by atoms with Crippen LogP contribution < -0.4 is 0 Å². The molecule has 0 radical (unpaired) electrons. The molecule has 2 unspecified atom stereocenters. The van der Waals surface area contributed by atoms with Gasteiger partial charge in [-0.2, -0.15) is 5.26 Å². The van der Waals surface area contributed by atoms with Crippen molar-refractivity contribution in [3.63, 3.8) is 0 Å². The summed E-state index contributed by atoms with van der Waals surface area (Å²) in [5.41, 5.74) is 3.59. The molecule has 98 valence electrons. The molecule has 1 fully saturated rings. The first-order chi connectivity index (χ1) is 9.22. The second-order valence-electron chi connectivity index (χ2n) is 5.49. The molecule has 0 amide bonds. The van der Waals surface area contributed by atoms with E-state index < -0.39 is 0 Å². The van der Waals surface area contributed by atoms with Gasteiger partial charge >= 0.3 is 0 Å². The molecule has 1 aliphatic rings. The third-order valence-electron chi connectivity index (χ3n) is 4.26. The second kappa shape index (κ2) is 4.71. The topological polar surface area (TPSA) is 42.8 Å². The van der Waals surface area contributed by atoms with Crippen LogP contribution in [0, 0.1) is 11.3 Å². The van der Waals surface area contributed by atoms with Crippen LogP contribution in [0.2, 0.25) is 0 Å². The normalized spacial score (nSPS) is 21.6. The molecule has 1 aromatic heterocycles. The quantitative estimate of drug-likeness (QED) is 0.889. The van der Waals surface area contributed by atoms with Crippen LogP contribution in [0.3, 0.4) is 0 Å². The molecular formula is C16H19N3. The number of likely N-dealkylation sites (tertiary alicyclic amines) is 1. The Bertz CT molecular complexity index is 635. The van der Waals surface area contributed by atoms with Gasteiger partial charge in [0.2, 0.25) is 0 Å². The number of nitrogens with zero attached hydrogens (tertiary/aromatic N) is 2. The summed E-state index contributed by atoms with van der Waals surface area (Å²) in [6, 6.07) is 11.1. The molecule has 0 spiro atoms. The van der Waals surface area contributed by atoms with Gasteiger partial charge in [0, 0.05) is 22.6 Å². The van der Waals surface area contributed by atoms with E-state index in [9.17, 15) is 5.26 Å². The lowest BCUT2D eigenvalue weighted by Crippen LogP contribution is -2.19. The number of aromatic nitrogens is 1. The summed E-state index contributed by atoms with van der Waals surface area (Å²) in [5.74, 6) is -0.0693. The Balaban J connectivity index is 2.20. The van der Waals surface area contributed by atoms with Crippen LogP contribution >= 0.6 is 0 Å². The molecule has 0 bridgehead atoms. The molecule has 2 atom stereocenters. The smallest absolute Gasteiger partial charge is 0.0708 e. The van der Waals surface area contributed by atoms with Gasteiger partial charge < -0.3 is 4.98 Å². The van der Waals surface area contributed by atoms with Crippen LogP contribution in [0.4, 0.5) is 0 Å². The Morgan fingerprint density at radius 2 is 2.21 bits per heavy atom. The second-order valence-corrected chi connectivity index (χ2v) is 5.49. The van der Waals surface area contributed by atoms with Gasteiger partial charge in [0.25, 0.3) is 0 Å². The third kappa shape index (κ3) is 1.93. The zero-order valence-corrected chi connectivity index (χ0v) is 11.5. The molecule has 0 saturated carbocycles. The first kappa shape index (κ1) is 12.3. The van der Waals surface area contributed by atoms with Gasteiger partial charge in [-0.15, -0.1) is 0 Å². The molecule has 1 aliphatic heterocycles. The van der Waals surface area contributed by atoms with E-state index in [1.807, 2.05) is 19.1 Å². The molecule has 2 aromatic rings. The average molecular weight is 253 g/mol. The SMILES string of the molecule is CC(C#N)c1c(C2CCCN2C)[nH]c2ccccc12. The van der Waals surface area contributed by atoms with E-state index in [1.54, 1.807) is 0 Å². The standard InChI is InChI=1S/C16H19N3/c1-11(10-17)15-12-6-3-4-7-13(12)18-16(15)14-8-5-9-19(14)2/h3-4,6-7,11,14,18H,5,8-9H2,1-2H3. The van der Waals surface area contributed by atoms with E-state index in [4.69, 9.17) is 0 Å². The lowest BCUT2D eigenvalue weighted by atomic mass is 9.95. The van der Waals surface area contributed by atoms with Crippen molar-refractivity contribution < 1.29 is 0 Å². The van der Waals surface area contributed by atoms with Gasteiger partial charge in [-0.05, 0) is 45.0 Å². The van der Waals surface area contributed by atoms with Gasteiger partial charge in [-0.25, -0.2) is 0 Å². The van der Waals surface area contributed by atoms with Gasteiger partial charge in [-0.1, -0.05) is 18.2 Å². The number of benzene rings is 1. The largest absolute Gasteiger partial charge is 0.357 e. The molecule has 19 heavy (non-hydrogen) atoms. The number of rotatable bonds is 2. The fourth-order valence-electron chi connectivity index (χ4n) is 3.25. The van der Waals surface area contributed by atoms with E-state index in [0.717, 1.165) is 12.1 Å². The summed E-state index contributed by atoms with van der Waals surface area (Å²) in [4.78, 5) is 5.95. The van der Waals surface area contributed by atoms with E-state index in [1.165, 1.54) is 29.5 Å². The van der Waals surface area contributed by atoms with Crippen molar-refractivity contribution in [1.29, 1.82) is 5.26 Å². The number of nitrogens with one attached hydrogen (secondary N) is 1. The summed E-state index contributed by atoms with van der Waals surface area (Å²) < 4.78 is 0. The number of nitriles is 1. The summed E-state index contributed by atoms with van der Waals surface area (Å²) in [6.45, 7) is 3.13. The first-order valence-corrected chi connectivity index (χ1v) is 6.92. The minimum atomic E-state index is -0.0693. The van der Waals surface area contributed by atoms with Crippen molar-refractivity contribution in [1.82, 2.24) is 9.88 Å². The maximum Gasteiger partial charge on any atom is 0.0708 e. The summed E-state index contributed by atoms with van der Waals surface area (Å²) in [7, 11) is 2.17. The fourth-order valence-corrected chi connectivity index (χ4v) is 3.25. The lowest BCUT2D eigenvalue weighted by molar-refractivity contribution is 0.311. The van der Waals surface area contributed by atoms with Crippen LogP contribution in [0.15, 0.2) is 24.3 Å². The van der Waals surface area contributed by atoms with Crippen LogP contribution in [-0.2, 0) is 0 Å². The number of hydrogen-bond donors (Lipinski definition) is 1. The van der Waals surface area contributed by atoms with Crippen LogP contribution in [0.5, 0.6) is 0 Å². The summed E-state index contributed by atoms with van der Waals surface area (Å²) in [6.07, 6.45) is 2.41. The highest BCUT2D eigenvalue weighted by molar-refractivity contribution is 5.85. The Kier molecular flexibility index (Phi) is 3.04. The maximum atomic E-state index is 9.32. The molecule has 1 N–H and O–H groups in total. The highest BCUT2D eigenvalue weighted by Gasteiger charge is 2.29. The highest BCUT2D eigenvalue weighted by Crippen LogP contribution is 2.38.